The Kier molecular flexibility index (Phi) is 5.53. The van der Waals surface area contributed by atoms with Gasteiger partial charge in [0.15, 0.2) is 0 Å². The Labute approximate surface area is 174 Å². The van der Waals surface area contributed by atoms with E-state index in [-0.39, 0.29) is 23.4 Å². The van der Waals surface area contributed by atoms with Crippen molar-refractivity contribution >= 4 is 21.7 Å². The van der Waals surface area contributed by atoms with Crippen molar-refractivity contribution in [2.45, 2.75) is 30.2 Å². The van der Waals surface area contributed by atoms with Crippen molar-refractivity contribution in [2.24, 2.45) is 0 Å². The summed E-state index contributed by atoms with van der Waals surface area (Å²) in [6, 6.07) is 13.3. The minimum absolute atomic E-state index is 0.105. The molecule has 2 heterocycles. The average Bonchev–Trinajstić information content (AvgIpc) is 3.58. The van der Waals surface area contributed by atoms with Crippen molar-refractivity contribution in [2.75, 3.05) is 13.1 Å². The molecule has 8 nitrogen and oxygen atoms in total. The molecule has 1 aromatic heterocycles. The lowest BCUT2D eigenvalue weighted by Crippen LogP contribution is -2.34. The van der Waals surface area contributed by atoms with Crippen molar-refractivity contribution in [3.8, 4) is 11.9 Å². The summed E-state index contributed by atoms with van der Waals surface area (Å²) in [5.41, 5.74) is 1.84. The highest BCUT2D eigenvalue weighted by Gasteiger charge is 2.27. The molecular weight excluding hydrogens is 404 g/mol. The van der Waals surface area contributed by atoms with Crippen LogP contribution in [0.5, 0.6) is 5.88 Å². The molecule has 1 fully saturated rings. The Morgan fingerprint density at radius 1 is 1.23 bits per heavy atom. The standard InChI is InChI=1S/C21H20N4O4S/c22-14-15-3-1-4-18(13-15)30(27,28)25-11-9-16(10-12-25)19-5-2-6-20(24-19)29-21(26)23-17-7-8-17/h1-6,9,13,17H,7-8,10-12H2,(H,23,26). The van der Waals surface area contributed by atoms with Crippen LogP contribution in [0.15, 0.2) is 53.4 Å². The second-order valence-corrected chi connectivity index (χ2v) is 9.09. The minimum atomic E-state index is -3.69. The number of rotatable bonds is 5. The van der Waals surface area contributed by atoms with Crippen LogP contribution in [0.2, 0.25) is 0 Å². The molecule has 1 amide bonds. The summed E-state index contributed by atoms with van der Waals surface area (Å²) in [5, 5.41) is 11.7. The fourth-order valence-electron chi connectivity index (χ4n) is 3.15. The fraction of sp³-hybridized carbons (Fsp3) is 0.286. The van der Waals surface area contributed by atoms with E-state index >= 15 is 0 Å². The van der Waals surface area contributed by atoms with Crippen LogP contribution in [0.3, 0.4) is 0 Å². The summed E-state index contributed by atoms with van der Waals surface area (Å²) in [7, 11) is -3.69. The zero-order valence-corrected chi connectivity index (χ0v) is 16.9. The van der Waals surface area contributed by atoms with E-state index in [1.165, 1.54) is 16.4 Å². The Bertz CT molecular complexity index is 1150. The number of ether oxygens (including phenoxy) is 1. The second-order valence-electron chi connectivity index (χ2n) is 7.15. The van der Waals surface area contributed by atoms with Gasteiger partial charge in [0.1, 0.15) is 0 Å². The average molecular weight is 424 g/mol. The zero-order chi connectivity index (χ0) is 21.1. The van der Waals surface area contributed by atoms with Crippen LogP contribution in [-0.4, -0.2) is 42.9 Å². The number of aromatic nitrogens is 1. The molecule has 0 radical (unpaired) electrons. The molecule has 30 heavy (non-hydrogen) atoms. The van der Waals surface area contributed by atoms with E-state index in [1.54, 1.807) is 30.3 Å². The smallest absolute Gasteiger partial charge is 0.391 e. The fourth-order valence-corrected chi connectivity index (χ4v) is 4.57. The van der Waals surface area contributed by atoms with Crippen LogP contribution in [0.1, 0.15) is 30.5 Å². The van der Waals surface area contributed by atoms with Gasteiger partial charge in [0.05, 0.1) is 22.2 Å². The maximum absolute atomic E-state index is 12.9. The highest BCUT2D eigenvalue weighted by molar-refractivity contribution is 7.89. The molecule has 2 aromatic rings. The number of pyridine rings is 1. The molecule has 0 unspecified atom stereocenters. The van der Waals surface area contributed by atoms with Gasteiger partial charge in [0.25, 0.3) is 0 Å². The van der Waals surface area contributed by atoms with Gasteiger partial charge in [-0.05, 0) is 49.1 Å². The molecule has 0 saturated heterocycles. The highest BCUT2D eigenvalue weighted by atomic mass is 32.2. The second kappa shape index (κ2) is 8.26. The molecule has 9 heteroatoms. The van der Waals surface area contributed by atoms with Crippen LogP contribution < -0.4 is 10.1 Å². The van der Waals surface area contributed by atoms with E-state index in [1.807, 2.05) is 12.1 Å². The quantitative estimate of drug-likeness (QED) is 0.790. The maximum Gasteiger partial charge on any atom is 0.414 e. The lowest BCUT2D eigenvalue weighted by Gasteiger charge is -2.25. The molecule has 0 bridgehead atoms. The topological polar surface area (TPSA) is 112 Å². The van der Waals surface area contributed by atoms with E-state index < -0.39 is 16.1 Å². The Hall–Kier alpha value is -3.22. The molecule has 0 atom stereocenters. The van der Waals surface area contributed by atoms with Gasteiger partial charge in [-0.15, -0.1) is 0 Å². The van der Waals surface area contributed by atoms with Crippen molar-refractivity contribution in [3.63, 3.8) is 0 Å². The van der Waals surface area contributed by atoms with Gasteiger partial charge in [0.2, 0.25) is 15.9 Å². The SMILES string of the molecule is N#Cc1cccc(S(=O)(=O)N2CC=C(c3cccc(OC(=O)NC4CC4)n3)CC2)c1. The number of hydrogen-bond donors (Lipinski definition) is 1. The van der Waals surface area contributed by atoms with Gasteiger partial charge in [-0.25, -0.2) is 18.2 Å². The summed E-state index contributed by atoms with van der Waals surface area (Å²) in [6.45, 7) is 0.489. The lowest BCUT2D eigenvalue weighted by molar-refractivity contribution is 0.198. The van der Waals surface area contributed by atoms with Crippen molar-refractivity contribution in [1.82, 2.24) is 14.6 Å². The van der Waals surface area contributed by atoms with Gasteiger partial charge in [0, 0.05) is 25.2 Å². The molecule has 4 rings (SSSR count). The first-order chi connectivity index (χ1) is 14.5. The first-order valence-electron chi connectivity index (χ1n) is 9.61. The highest BCUT2D eigenvalue weighted by Crippen LogP contribution is 2.26. The number of carbonyl (C=O) groups is 1. The third kappa shape index (κ3) is 4.50. The van der Waals surface area contributed by atoms with E-state index in [2.05, 4.69) is 10.3 Å². The summed E-state index contributed by atoms with van der Waals surface area (Å²) in [6.07, 6.45) is 3.70. The molecule has 2 aliphatic rings. The Morgan fingerprint density at radius 2 is 2.03 bits per heavy atom. The predicted molar refractivity (Wildman–Crippen MR) is 109 cm³/mol. The lowest BCUT2D eigenvalue weighted by atomic mass is 10.1. The van der Waals surface area contributed by atoms with Crippen LogP contribution in [-0.2, 0) is 10.0 Å². The number of carbonyl (C=O) groups excluding carboxylic acids is 1. The van der Waals surface area contributed by atoms with Gasteiger partial charge in [-0.2, -0.15) is 9.57 Å². The number of nitrogens with zero attached hydrogens (tertiary/aromatic N) is 3. The minimum Gasteiger partial charge on any atom is -0.391 e. The first kappa shape index (κ1) is 20.1. The number of hydrogen-bond acceptors (Lipinski definition) is 6. The monoisotopic (exact) mass is 424 g/mol. The van der Waals surface area contributed by atoms with E-state index in [0.29, 0.717) is 24.2 Å². The van der Waals surface area contributed by atoms with Crippen LogP contribution in [0.4, 0.5) is 4.79 Å². The number of sulfonamides is 1. The molecule has 1 aromatic carbocycles. The zero-order valence-electron chi connectivity index (χ0n) is 16.1. The number of nitrogens with one attached hydrogen (secondary N) is 1. The molecular formula is C21H20N4O4S. The van der Waals surface area contributed by atoms with Crippen molar-refractivity contribution < 1.29 is 17.9 Å². The summed E-state index contributed by atoms with van der Waals surface area (Å²) in [5.74, 6) is 0.204. The third-order valence-electron chi connectivity index (χ3n) is 4.92. The summed E-state index contributed by atoms with van der Waals surface area (Å²) in [4.78, 5) is 16.3. The molecule has 1 aliphatic carbocycles. The number of benzene rings is 1. The van der Waals surface area contributed by atoms with E-state index in [9.17, 15) is 13.2 Å². The molecule has 1 aliphatic heterocycles. The normalized spacial score (nSPS) is 17.0. The van der Waals surface area contributed by atoms with Gasteiger partial charge < -0.3 is 10.1 Å². The van der Waals surface area contributed by atoms with E-state index in [0.717, 1.165) is 18.4 Å². The molecule has 1 saturated carbocycles. The van der Waals surface area contributed by atoms with Crippen LogP contribution in [0.25, 0.3) is 5.57 Å². The van der Waals surface area contributed by atoms with Crippen molar-refractivity contribution in [3.05, 3.63) is 59.8 Å². The molecule has 1 N–H and O–H groups in total. The Balaban J connectivity index is 1.46. The molecule has 154 valence electrons. The van der Waals surface area contributed by atoms with Gasteiger partial charge >= 0.3 is 6.09 Å². The summed E-state index contributed by atoms with van der Waals surface area (Å²) < 4.78 is 32.4. The number of amides is 1. The van der Waals surface area contributed by atoms with Gasteiger partial charge in [-0.1, -0.05) is 18.2 Å². The van der Waals surface area contributed by atoms with Gasteiger partial charge in [-0.3, -0.25) is 0 Å². The molecule has 0 spiro atoms. The Morgan fingerprint density at radius 3 is 2.73 bits per heavy atom. The van der Waals surface area contributed by atoms with E-state index in [4.69, 9.17) is 10.00 Å². The van der Waals surface area contributed by atoms with Crippen molar-refractivity contribution in [1.29, 1.82) is 5.26 Å². The third-order valence-corrected chi connectivity index (χ3v) is 6.78. The first-order valence-corrected chi connectivity index (χ1v) is 11.0. The largest absolute Gasteiger partial charge is 0.414 e. The number of nitriles is 1. The van der Waals surface area contributed by atoms with Crippen LogP contribution in [0, 0.1) is 11.3 Å². The summed E-state index contributed by atoms with van der Waals surface area (Å²) >= 11 is 0. The van der Waals surface area contributed by atoms with Crippen LogP contribution >= 0.6 is 0 Å². The maximum atomic E-state index is 12.9. The predicted octanol–water partition coefficient (Wildman–Crippen LogP) is 2.68.